The average molecular weight is 604 g/mol. The highest BCUT2D eigenvalue weighted by Gasteiger charge is 2.35. The van der Waals surface area contributed by atoms with Crippen LogP contribution in [-0.2, 0) is 9.53 Å². The summed E-state index contributed by atoms with van der Waals surface area (Å²) in [6, 6.07) is 26.9. The van der Waals surface area contributed by atoms with Gasteiger partial charge in [0.05, 0.1) is 34.0 Å². The number of thiazole rings is 1. The lowest BCUT2D eigenvalue weighted by atomic mass is 9.93. The van der Waals surface area contributed by atoms with E-state index >= 15 is 0 Å². The van der Waals surface area contributed by atoms with Gasteiger partial charge in [-0.3, -0.25) is 9.36 Å². The lowest BCUT2D eigenvalue weighted by Crippen LogP contribution is -2.40. The zero-order chi connectivity index (χ0) is 31.0. The molecular weight excluding hydrogens is 574 g/mol. The number of ether oxygens (including phenoxy) is 1. The van der Waals surface area contributed by atoms with Crippen LogP contribution in [0.4, 0.5) is 0 Å². The molecule has 0 amide bonds. The van der Waals surface area contributed by atoms with Gasteiger partial charge in [0.25, 0.3) is 5.56 Å². The summed E-state index contributed by atoms with van der Waals surface area (Å²) in [5.41, 5.74) is 5.50. The van der Waals surface area contributed by atoms with Crippen LogP contribution in [0.25, 0.3) is 17.5 Å². The van der Waals surface area contributed by atoms with Crippen molar-refractivity contribution in [3.63, 3.8) is 0 Å². The number of carboxylic acids is 1. The molecule has 0 unspecified atom stereocenters. The van der Waals surface area contributed by atoms with Crippen molar-refractivity contribution in [1.82, 2.24) is 9.13 Å². The summed E-state index contributed by atoms with van der Waals surface area (Å²) in [6.07, 6.45) is 1.84. The number of aromatic carboxylic acids is 1. The number of hydrogen-bond donors (Lipinski definition) is 1. The molecule has 5 aromatic rings. The number of rotatable bonds is 7. The number of fused-ring (bicyclic) bond motifs is 1. The highest BCUT2D eigenvalue weighted by molar-refractivity contribution is 7.07. The fraction of sp³-hybridized carbons (Fsp3) is 0.143. The number of hydrogen-bond acceptors (Lipinski definition) is 6. The monoisotopic (exact) mass is 603 g/mol. The van der Waals surface area contributed by atoms with Gasteiger partial charge in [-0.1, -0.05) is 78.1 Å². The second-order valence-corrected chi connectivity index (χ2v) is 11.4. The van der Waals surface area contributed by atoms with Crippen LogP contribution in [-0.4, -0.2) is 32.8 Å². The summed E-state index contributed by atoms with van der Waals surface area (Å²) in [5.74, 6) is -1.52. The summed E-state index contributed by atoms with van der Waals surface area (Å²) in [4.78, 5) is 44.7. The van der Waals surface area contributed by atoms with E-state index in [-0.39, 0.29) is 17.7 Å². The minimum atomic E-state index is -0.999. The lowest BCUT2D eigenvalue weighted by molar-refractivity contribution is -0.138. The van der Waals surface area contributed by atoms with Crippen molar-refractivity contribution >= 4 is 35.0 Å². The van der Waals surface area contributed by atoms with Crippen LogP contribution in [0.15, 0.2) is 106 Å². The molecule has 0 spiro atoms. The van der Waals surface area contributed by atoms with Crippen molar-refractivity contribution < 1.29 is 19.4 Å². The van der Waals surface area contributed by atoms with E-state index in [1.54, 1.807) is 29.7 Å². The van der Waals surface area contributed by atoms with Gasteiger partial charge in [0.15, 0.2) is 4.80 Å². The number of nitrogens with zero attached hydrogens (tertiary/aromatic N) is 3. The van der Waals surface area contributed by atoms with Gasteiger partial charge in [0, 0.05) is 22.6 Å². The zero-order valence-corrected chi connectivity index (χ0v) is 25.2. The van der Waals surface area contributed by atoms with Crippen molar-refractivity contribution in [2.45, 2.75) is 26.8 Å². The molecule has 44 heavy (non-hydrogen) atoms. The Kier molecular flexibility index (Phi) is 7.71. The van der Waals surface area contributed by atoms with E-state index in [0.717, 1.165) is 33.8 Å². The Bertz CT molecular complexity index is 2120. The van der Waals surface area contributed by atoms with E-state index in [1.165, 1.54) is 11.3 Å². The van der Waals surface area contributed by atoms with Gasteiger partial charge in [-0.2, -0.15) is 0 Å². The maximum atomic E-state index is 14.2. The van der Waals surface area contributed by atoms with Crippen LogP contribution in [0.1, 0.15) is 51.4 Å². The lowest BCUT2D eigenvalue weighted by Gasteiger charge is -2.25. The van der Waals surface area contributed by atoms with Crippen molar-refractivity contribution in [2.24, 2.45) is 4.99 Å². The largest absolute Gasteiger partial charge is 0.478 e. The number of esters is 1. The molecule has 1 N–H and O–H groups in total. The molecule has 6 rings (SSSR count). The van der Waals surface area contributed by atoms with Gasteiger partial charge in [-0.25, -0.2) is 14.6 Å². The minimum Gasteiger partial charge on any atom is -0.478 e. The summed E-state index contributed by atoms with van der Waals surface area (Å²) in [7, 11) is 0. The number of carbonyl (C=O) groups is 2. The van der Waals surface area contributed by atoms with Gasteiger partial charge in [-0.15, -0.1) is 0 Å². The first-order valence-corrected chi connectivity index (χ1v) is 15.0. The second-order valence-electron chi connectivity index (χ2n) is 10.4. The first-order valence-electron chi connectivity index (χ1n) is 14.1. The van der Waals surface area contributed by atoms with E-state index in [2.05, 4.69) is 0 Å². The molecule has 2 aromatic heterocycles. The predicted molar refractivity (Wildman–Crippen MR) is 170 cm³/mol. The maximum absolute atomic E-state index is 14.2. The zero-order valence-electron chi connectivity index (χ0n) is 24.4. The molecule has 0 bridgehead atoms. The molecule has 1 atom stereocenters. The van der Waals surface area contributed by atoms with E-state index < -0.39 is 18.0 Å². The first-order chi connectivity index (χ1) is 21.3. The molecule has 220 valence electrons. The van der Waals surface area contributed by atoms with Crippen LogP contribution in [0.3, 0.4) is 0 Å². The Morgan fingerprint density at radius 1 is 0.977 bits per heavy atom. The first kappa shape index (κ1) is 28.8. The molecule has 0 saturated heterocycles. The molecule has 0 saturated carbocycles. The third-order valence-electron chi connectivity index (χ3n) is 7.60. The Morgan fingerprint density at radius 3 is 2.36 bits per heavy atom. The van der Waals surface area contributed by atoms with Crippen molar-refractivity contribution in [1.29, 1.82) is 0 Å². The van der Waals surface area contributed by atoms with Gasteiger partial charge in [-0.05, 0) is 62.2 Å². The minimum absolute atomic E-state index is 0.182. The topological polar surface area (TPSA) is 103 Å². The average Bonchev–Trinajstić information content (AvgIpc) is 3.50. The highest BCUT2D eigenvalue weighted by Crippen LogP contribution is 2.35. The van der Waals surface area contributed by atoms with Crippen molar-refractivity contribution in [3.05, 3.63) is 150 Å². The van der Waals surface area contributed by atoms with Crippen LogP contribution in [0.2, 0.25) is 0 Å². The fourth-order valence-corrected chi connectivity index (χ4v) is 6.63. The SMILES string of the molecule is CCOC(=O)C1=C(c2ccccc2)N=c2s/c(=C\c3cc(C)n(-c4cccc(C(=O)O)c4)c3C)c(=O)n2[C@@H]1c1ccccc1. The number of aromatic nitrogens is 2. The molecule has 3 aromatic carbocycles. The van der Waals surface area contributed by atoms with E-state index in [9.17, 15) is 19.5 Å². The van der Waals surface area contributed by atoms with Crippen molar-refractivity contribution in [2.75, 3.05) is 6.61 Å². The standard InChI is InChI=1S/C35H29N3O5S/c1-4-43-34(42)29-30(23-12-7-5-8-13-23)36-35-38(31(29)24-14-9-6-10-15-24)32(39)28(44-35)20-26-18-21(2)37(22(26)3)27-17-11-16-25(19-27)33(40)41/h5-20,31H,4H2,1-3H3,(H,40,41)/b28-20-/t31-/m1/s1. The molecule has 0 fully saturated rings. The molecule has 0 radical (unpaired) electrons. The van der Waals surface area contributed by atoms with Crippen LogP contribution >= 0.6 is 11.3 Å². The molecule has 9 heteroatoms. The number of carbonyl (C=O) groups excluding carboxylic acids is 1. The maximum Gasteiger partial charge on any atom is 0.338 e. The summed E-state index contributed by atoms with van der Waals surface area (Å²) in [6.45, 7) is 5.80. The third-order valence-corrected chi connectivity index (χ3v) is 8.58. The highest BCUT2D eigenvalue weighted by atomic mass is 32.1. The van der Waals surface area contributed by atoms with Crippen LogP contribution < -0.4 is 14.9 Å². The van der Waals surface area contributed by atoms with Gasteiger partial charge in [0.2, 0.25) is 0 Å². The Balaban J connectivity index is 1.58. The summed E-state index contributed by atoms with van der Waals surface area (Å²) < 4.78 is 9.53. The Morgan fingerprint density at radius 2 is 1.68 bits per heavy atom. The predicted octanol–water partition coefficient (Wildman–Crippen LogP) is 5.04. The molecule has 8 nitrogen and oxygen atoms in total. The third kappa shape index (κ3) is 5.11. The Labute approximate surface area is 257 Å². The fourth-order valence-electron chi connectivity index (χ4n) is 5.64. The van der Waals surface area contributed by atoms with E-state index in [1.807, 2.05) is 97.3 Å². The second kappa shape index (κ2) is 11.8. The van der Waals surface area contributed by atoms with Gasteiger partial charge < -0.3 is 14.4 Å². The summed E-state index contributed by atoms with van der Waals surface area (Å²) >= 11 is 1.26. The van der Waals surface area contributed by atoms with Gasteiger partial charge >= 0.3 is 11.9 Å². The smallest absolute Gasteiger partial charge is 0.338 e. The van der Waals surface area contributed by atoms with Crippen LogP contribution in [0.5, 0.6) is 0 Å². The normalized spacial score (nSPS) is 14.7. The van der Waals surface area contributed by atoms with E-state index in [0.29, 0.717) is 20.6 Å². The summed E-state index contributed by atoms with van der Waals surface area (Å²) in [5, 5.41) is 9.49. The van der Waals surface area contributed by atoms with Crippen molar-refractivity contribution in [3.8, 4) is 5.69 Å². The number of carboxylic acid groups (broad SMARTS) is 1. The molecule has 1 aliphatic heterocycles. The Hall–Kier alpha value is -5.28. The molecule has 3 heterocycles. The van der Waals surface area contributed by atoms with E-state index in [4.69, 9.17) is 9.73 Å². The quantitative estimate of drug-likeness (QED) is 0.263. The molecule has 0 aliphatic carbocycles. The van der Waals surface area contributed by atoms with Gasteiger partial charge in [0.1, 0.15) is 0 Å². The van der Waals surface area contributed by atoms with Crippen LogP contribution in [0, 0.1) is 13.8 Å². The number of benzene rings is 3. The molecule has 1 aliphatic rings. The number of aryl methyl sites for hydroxylation is 1. The molecular formula is C35H29N3O5S.